The van der Waals surface area contributed by atoms with Gasteiger partial charge in [0.25, 0.3) is 5.91 Å². The molecule has 1 aromatic carbocycles. The molecule has 1 heterocycles. The van der Waals surface area contributed by atoms with E-state index in [1.54, 1.807) is 39.7 Å². The second-order valence-corrected chi connectivity index (χ2v) is 5.12. The number of nitrogens with one attached hydrogen (secondary N) is 1. The van der Waals surface area contributed by atoms with Crippen molar-refractivity contribution in [2.24, 2.45) is 12.0 Å². The summed E-state index contributed by atoms with van der Waals surface area (Å²) in [5, 5.41) is 6.96. The van der Waals surface area contributed by atoms with Gasteiger partial charge >= 0.3 is 0 Å². The molecule has 1 aromatic heterocycles. The summed E-state index contributed by atoms with van der Waals surface area (Å²) in [6.45, 7) is 2.61. The summed E-state index contributed by atoms with van der Waals surface area (Å²) >= 11 is 0. The van der Waals surface area contributed by atoms with Gasteiger partial charge in [0.15, 0.2) is 5.69 Å². The Hall–Kier alpha value is -2.83. The molecule has 0 saturated heterocycles. The Morgan fingerprint density at radius 3 is 2.83 bits per heavy atom. The Morgan fingerprint density at radius 1 is 1.38 bits per heavy atom. The van der Waals surface area contributed by atoms with E-state index in [0.29, 0.717) is 29.4 Å². The summed E-state index contributed by atoms with van der Waals surface area (Å²) < 4.78 is 12.1. The number of hydrogen-bond acceptors (Lipinski definition) is 5. The van der Waals surface area contributed by atoms with Crippen LogP contribution in [-0.4, -0.2) is 42.7 Å². The highest BCUT2D eigenvalue weighted by Gasteiger charge is 2.15. The lowest BCUT2D eigenvalue weighted by Crippen LogP contribution is -2.26. The van der Waals surface area contributed by atoms with E-state index >= 15 is 0 Å². The van der Waals surface area contributed by atoms with E-state index in [-0.39, 0.29) is 5.91 Å². The molecule has 0 saturated carbocycles. The Labute approximate surface area is 141 Å². The van der Waals surface area contributed by atoms with Gasteiger partial charge in [0.2, 0.25) is 0 Å². The average molecular weight is 330 g/mol. The molecule has 0 aliphatic carbocycles. The fourth-order valence-electron chi connectivity index (χ4n) is 2.19. The van der Waals surface area contributed by atoms with Crippen molar-refractivity contribution in [2.75, 3.05) is 20.8 Å². The van der Waals surface area contributed by atoms with Gasteiger partial charge in [-0.3, -0.25) is 14.5 Å². The molecular formula is C17H22N4O3. The van der Waals surface area contributed by atoms with E-state index in [1.807, 2.05) is 19.1 Å². The van der Waals surface area contributed by atoms with Crippen molar-refractivity contribution in [3.05, 3.63) is 35.7 Å². The quantitative estimate of drug-likeness (QED) is 0.790. The second kappa shape index (κ2) is 8.14. The van der Waals surface area contributed by atoms with Crippen LogP contribution in [0.5, 0.6) is 11.5 Å². The van der Waals surface area contributed by atoms with Crippen molar-refractivity contribution in [3.8, 4) is 11.5 Å². The maximum atomic E-state index is 12.3. The fourth-order valence-corrected chi connectivity index (χ4v) is 2.19. The number of aryl methyl sites for hydroxylation is 1. The highest BCUT2D eigenvalue weighted by Crippen LogP contribution is 2.24. The van der Waals surface area contributed by atoms with E-state index in [2.05, 4.69) is 15.4 Å². The summed E-state index contributed by atoms with van der Waals surface area (Å²) in [6, 6.07) is 5.43. The number of hydrogen-bond donors (Lipinski definition) is 1. The molecule has 2 aromatic rings. The van der Waals surface area contributed by atoms with E-state index in [9.17, 15) is 4.79 Å². The fraction of sp³-hybridized carbons (Fsp3) is 0.353. The Kier molecular flexibility index (Phi) is 5.95. The third kappa shape index (κ3) is 3.92. The van der Waals surface area contributed by atoms with Crippen molar-refractivity contribution in [1.29, 1.82) is 0 Å². The minimum atomic E-state index is -0.193. The Balaban J connectivity index is 2.31. The van der Waals surface area contributed by atoms with Crippen molar-refractivity contribution in [2.45, 2.75) is 13.3 Å². The lowest BCUT2D eigenvalue weighted by Gasteiger charge is -2.07. The molecule has 1 amide bonds. The van der Waals surface area contributed by atoms with Gasteiger partial charge < -0.3 is 14.8 Å². The first-order valence-corrected chi connectivity index (χ1v) is 7.67. The van der Waals surface area contributed by atoms with Crippen LogP contribution in [0.3, 0.4) is 0 Å². The van der Waals surface area contributed by atoms with Gasteiger partial charge in [0.1, 0.15) is 17.2 Å². The summed E-state index contributed by atoms with van der Waals surface area (Å²) in [5.41, 5.74) is 1.66. The number of nitrogens with zero attached hydrogens (tertiary/aromatic N) is 3. The van der Waals surface area contributed by atoms with Crippen LogP contribution in [0, 0.1) is 0 Å². The third-order valence-electron chi connectivity index (χ3n) is 3.45. The van der Waals surface area contributed by atoms with E-state index in [1.165, 1.54) is 4.68 Å². The number of rotatable bonds is 7. The van der Waals surface area contributed by atoms with Gasteiger partial charge in [-0.05, 0) is 24.6 Å². The molecule has 0 spiro atoms. The molecule has 7 nitrogen and oxygen atoms in total. The standard InChI is InChI=1S/C17H22N4O3/c1-5-8-18-17(22)16-14(11-20-21(16)2)19-10-12-9-13(23-3)6-7-15(12)24-4/h6-7,9-11H,5,8H2,1-4H3,(H,18,22). The SMILES string of the molecule is CCCNC(=O)c1c(N=Cc2cc(OC)ccc2OC)cnn1C. The molecule has 24 heavy (non-hydrogen) atoms. The maximum Gasteiger partial charge on any atom is 0.271 e. The van der Waals surface area contributed by atoms with Crippen LogP contribution in [-0.2, 0) is 7.05 Å². The van der Waals surface area contributed by atoms with Crippen LogP contribution in [0.1, 0.15) is 29.4 Å². The zero-order chi connectivity index (χ0) is 17.5. The number of carbonyl (C=O) groups is 1. The normalized spacial score (nSPS) is 10.8. The van der Waals surface area contributed by atoms with Crippen molar-refractivity contribution in [3.63, 3.8) is 0 Å². The monoisotopic (exact) mass is 330 g/mol. The number of aromatic nitrogens is 2. The molecular weight excluding hydrogens is 308 g/mol. The van der Waals surface area contributed by atoms with E-state index in [0.717, 1.165) is 12.0 Å². The molecule has 0 atom stereocenters. The van der Waals surface area contributed by atoms with Gasteiger partial charge in [0, 0.05) is 25.4 Å². The van der Waals surface area contributed by atoms with Crippen LogP contribution in [0.25, 0.3) is 0 Å². The predicted octanol–water partition coefficient (Wildman–Crippen LogP) is 2.33. The average Bonchev–Trinajstić information content (AvgIpc) is 2.98. The number of benzene rings is 1. The Bertz CT molecular complexity index is 737. The van der Waals surface area contributed by atoms with Crippen molar-refractivity contribution in [1.82, 2.24) is 15.1 Å². The topological polar surface area (TPSA) is 77.7 Å². The van der Waals surface area contributed by atoms with Crippen LogP contribution >= 0.6 is 0 Å². The Morgan fingerprint density at radius 2 is 2.17 bits per heavy atom. The first-order chi connectivity index (χ1) is 11.6. The maximum absolute atomic E-state index is 12.3. The summed E-state index contributed by atoms with van der Waals surface area (Å²) in [4.78, 5) is 16.7. The molecule has 128 valence electrons. The minimum Gasteiger partial charge on any atom is -0.497 e. The van der Waals surface area contributed by atoms with Crippen LogP contribution in [0.2, 0.25) is 0 Å². The van der Waals surface area contributed by atoms with Crippen LogP contribution in [0.15, 0.2) is 29.4 Å². The van der Waals surface area contributed by atoms with Gasteiger partial charge in [-0.2, -0.15) is 5.10 Å². The molecule has 0 aliphatic rings. The molecule has 0 fully saturated rings. The number of ether oxygens (including phenoxy) is 2. The second-order valence-electron chi connectivity index (χ2n) is 5.12. The van der Waals surface area contributed by atoms with E-state index in [4.69, 9.17) is 9.47 Å². The van der Waals surface area contributed by atoms with Gasteiger partial charge in [-0.25, -0.2) is 0 Å². The van der Waals surface area contributed by atoms with Crippen LogP contribution < -0.4 is 14.8 Å². The minimum absolute atomic E-state index is 0.193. The molecule has 0 bridgehead atoms. The van der Waals surface area contributed by atoms with Crippen molar-refractivity contribution < 1.29 is 14.3 Å². The first kappa shape index (κ1) is 17.5. The molecule has 7 heteroatoms. The summed E-state index contributed by atoms with van der Waals surface area (Å²) in [7, 11) is 4.90. The smallest absolute Gasteiger partial charge is 0.271 e. The highest BCUT2D eigenvalue weighted by atomic mass is 16.5. The molecule has 0 radical (unpaired) electrons. The lowest BCUT2D eigenvalue weighted by molar-refractivity contribution is 0.0945. The van der Waals surface area contributed by atoms with E-state index < -0.39 is 0 Å². The summed E-state index contributed by atoms with van der Waals surface area (Å²) in [6.07, 6.45) is 4.06. The van der Waals surface area contributed by atoms with Crippen LogP contribution in [0.4, 0.5) is 5.69 Å². The third-order valence-corrected chi connectivity index (χ3v) is 3.45. The van der Waals surface area contributed by atoms with Gasteiger partial charge in [-0.15, -0.1) is 0 Å². The molecule has 2 rings (SSSR count). The zero-order valence-electron chi connectivity index (χ0n) is 14.4. The molecule has 0 unspecified atom stereocenters. The number of aliphatic imine (C=N–C) groups is 1. The highest BCUT2D eigenvalue weighted by molar-refractivity contribution is 5.98. The molecule has 1 N–H and O–H groups in total. The predicted molar refractivity (Wildman–Crippen MR) is 92.6 cm³/mol. The number of carbonyl (C=O) groups excluding carboxylic acids is 1. The van der Waals surface area contributed by atoms with Gasteiger partial charge in [-0.1, -0.05) is 6.92 Å². The number of amides is 1. The molecule has 0 aliphatic heterocycles. The number of methoxy groups -OCH3 is 2. The lowest BCUT2D eigenvalue weighted by atomic mass is 10.2. The largest absolute Gasteiger partial charge is 0.497 e. The van der Waals surface area contributed by atoms with Gasteiger partial charge in [0.05, 0.1) is 20.4 Å². The zero-order valence-corrected chi connectivity index (χ0v) is 14.4. The van der Waals surface area contributed by atoms with Crippen molar-refractivity contribution >= 4 is 17.8 Å². The summed E-state index contributed by atoms with van der Waals surface area (Å²) in [5.74, 6) is 1.17. The first-order valence-electron chi connectivity index (χ1n) is 7.67.